The Balaban J connectivity index is 1.44. The van der Waals surface area contributed by atoms with E-state index in [1.54, 1.807) is 0 Å². The third-order valence-electron chi connectivity index (χ3n) is 5.81. The predicted octanol–water partition coefficient (Wildman–Crippen LogP) is 4.73. The van der Waals surface area contributed by atoms with Crippen LogP contribution in [0, 0.1) is 5.92 Å². The van der Waals surface area contributed by atoms with Crippen molar-refractivity contribution in [1.82, 2.24) is 9.88 Å². The fourth-order valence-electron chi connectivity index (χ4n) is 4.46. The van der Waals surface area contributed by atoms with Gasteiger partial charge in [-0.1, -0.05) is 30.3 Å². The summed E-state index contributed by atoms with van der Waals surface area (Å²) in [6.07, 6.45) is -0.0258. The van der Waals surface area contributed by atoms with Gasteiger partial charge in [-0.3, -0.25) is 14.7 Å². The largest absolute Gasteiger partial charge is 0.417 e. The predicted molar refractivity (Wildman–Crippen MR) is 95.1 cm³/mol. The molecule has 2 unspecified atom stereocenters. The summed E-state index contributed by atoms with van der Waals surface area (Å²) in [6, 6.07) is 13.2. The van der Waals surface area contributed by atoms with Crippen molar-refractivity contribution in [3.8, 4) is 0 Å². The molecule has 3 nitrogen and oxygen atoms in total. The van der Waals surface area contributed by atoms with Crippen LogP contribution in [0.3, 0.4) is 0 Å². The number of rotatable bonds is 4. The van der Waals surface area contributed by atoms with Crippen LogP contribution < -0.4 is 0 Å². The lowest BCUT2D eigenvalue weighted by Crippen LogP contribution is -2.44. The number of alkyl halides is 3. The van der Waals surface area contributed by atoms with E-state index in [0.717, 1.165) is 44.5 Å². The van der Waals surface area contributed by atoms with E-state index in [1.807, 2.05) is 18.2 Å². The van der Waals surface area contributed by atoms with Crippen molar-refractivity contribution in [3.63, 3.8) is 0 Å². The molecular formula is C21H21F3N2O. The molecule has 2 saturated heterocycles. The third kappa shape index (κ3) is 3.76. The van der Waals surface area contributed by atoms with Gasteiger partial charge < -0.3 is 0 Å². The van der Waals surface area contributed by atoms with Crippen LogP contribution in [0.15, 0.2) is 48.7 Å². The molecule has 2 atom stereocenters. The number of hydrogen-bond donors (Lipinski definition) is 0. The summed E-state index contributed by atoms with van der Waals surface area (Å²) in [4.78, 5) is 19.1. The molecular weight excluding hydrogens is 353 g/mol. The molecule has 2 bridgehead atoms. The van der Waals surface area contributed by atoms with Gasteiger partial charge in [-0.05, 0) is 43.4 Å². The van der Waals surface area contributed by atoms with Crippen molar-refractivity contribution in [2.75, 3.05) is 0 Å². The van der Waals surface area contributed by atoms with Crippen LogP contribution in [0.4, 0.5) is 13.2 Å². The smallest absolute Gasteiger partial charge is 0.293 e. The van der Waals surface area contributed by atoms with Crippen molar-refractivity contribution in [2.45, 2.75) is 50.5 Å². The molecule has 2 fully saturated rings. The zero-order chi connectivity index (χ0) is 19.0. The molecule has 142 valence electrons. The van der Waals surface area contributed by atoms with Crippen molar-refractivity contribution >= 4 is 5.78 Å². The number of Topliss-reactive ketones (excluding diaryl/α,β-unsaturated/α-hetero) is 1. The molecule has 0 saturated carbocycles. The van der Waals surface area contributed by atoms with Crippen LogP contribution in [0.1, 0.15) is 47.3 Å². The first-order chi connectivity index (χ1) is 12.9. The molecule has 1 aromatic carbocycles. The Labute approximate surface area is 156 Å². The highest BCUT2D eigenvalue weighted by molar-refractivity contribution is 5.96. The minimum atomic E-state index is -4.43. The summed E-state index contributed by atoms with van der Waals surface area (Å²) in [6.45, 7) is 0.885. The average Bonchev–Trinajstić information content (AvgIpc) is 2.89. The molecule has 6 heteroatoms. The Kier molecular flexibility index (Phi) is 4.76. The average molecular weight is 374 g/mol. The van der Waals surface area contributed by atoms with Crippen LogP contribution in [0.2, 0.25) is 0 Å². The Morgan fingerprint density at radius 3 is 2.26 bits per heavy atom. The van der Waals surface area contributed by atoms with Crippen molar-refractivity contribution in [3.05, 3.63) is 65.5 Å². The molecule has 0 aliphatic carbocycles. The van der Waals surface area contributed by atoms with E-state index >= 15 is 0 Å². The Bertz CT molecular complexity index is 790. The van der Waals surface area contributed by atoms with E-state index in [2.05, 4.69) is 22.0 Å². The van der Waals surface area contributed by atoms with Gasteiger partial charge in [0.05, 0.1) is 5.56 Å². The van der Waals surface area contributed by atoms with Gasteiger partial charge in [0.25, 0.3) is 0 Å². The maximum atomic E-state index is 12.8. The summed E-state index contributed by atoms with van der Waals surface area (Å²) in [5, 5.41) is 0. The van der Waals surface area contributed by atoms with E-state index in [-0.39, 0.29) is 17.4 Å². The quantitative estimate of drug-likeness (QED) is 0.726. The minimum absolute atomic E-state index is 0.125. The van der Waals surface area contributed by atoms with Crippen LogP contribution >= 0.6 is 0 Å². The first kappa shape index (κ1) is 18.2. The maximum Gasteiger partial charge on any atom is 0.417 e. The third-order valence-corrected chi connectivity index (χ3v) is 5.81. The van der Waals surface area contributed by atoms with Crippen molar-refractivity contribution in [1.29, 1.82) is 0 Å². The molecule has 2 aromatic rings. The molecule has 0 amide bonds. The zero-order valence-electron chi connectivity index (χ0n) is 14.8. The molecule has 2 aliphatic rings. The van der Waals surface area contributed by atoms with Crippen LogP contribution in [-0.2, 0) is 12.7 Å². The van der Waals surface area contributed by atoms with Crippen LogP contribution in [-0.4, -0.2) is 27.8 Å². The van der Waals surface area contributed by atoms with E-state index in [0.29, 0.717) is 12.1 Å². The van der Waals surface area contributed by atoms with Gasteiger partial charge >= 0.3 is 6.18 Å². The molecule has 0 spiro atoms. The highest BCUT2D eigenvalue weighted by Gasteiger charge is 2.43. The van der Waals surface area contributed by atoms with Gasteiger partial charge in [0.15, 0.2) is 5.78 Å². The molecule has 2 aliphatic heterocycles. The van der Waals surface area contributed by atoms with Gasteiger partial charge in [-0.25, -0.2) is 0 Å². The van der Waals surface area contributed by atoms with Crippen LogP contribution in [0.5, 0.6) is 0 Å². The lowest BCUT2D eigenvalue weighted by atomic mass is 9.85. The summed E-state index contributed by atoms with van der Waals surface area (Å²) < 4.78 is 38.0. The van der Waals surface area contributed by atoms with Gasteiger partial charge in [0.2, 0.25) is 0 Å². The molecule has 4 rings (SSSR count). The topological polar surface area (TPSA) is 33.2 Å². The van der Waals surface area contributed by atoms with E-state index in [1.165, 1.54) is 11.6 Å². The molecule has 27 heavy (non-hydrogen) atoms. The molecule has 0 N–H and O–H groups in total. The maximum absolute atomic E-state index is 12.8. The number of aromatic nitrogens is 1. The van der Waals surface area contributed by atoms with E-state index in [9.17, 15) is 18.0 Å². The second-order valence-electron chi connectivity index (χ2n) is 7.51. The number of nitrogens with zero attached hydrogens (tertiary/aromatic N) is 2. The van der Waals surface area contributed by atoms with Crippen molar-refractivity contribution < 1.29 is 18.0 Å². The van der Waals surface area contributed by atoms with Gasteiger partial charge in [0.1, 0.15) is 5.69 Å². The normalized spacial score (nSPS) is 25.5. The highest BCUT2D eigenvalue weighted by Crippen LogP contribution is 2.40. The summed E-state index contributed by atoms with van der Waals surface area (Å²) >= 11 is 0. The van der Waals surface area contributed by atoms with E-state index in [4.69, 9.17) is 0 Å². The Morgan fingerprint density at radius 2 is 1.70 bits per heavy atom. The van der Waals surface area contributed by atoms with Crippen LogP contribution in [0.25, 0.3) is 0 Å². The van der Waals surface area contributed by atoms with Gasteiger partial charge in [-0.2, -0.15) is 13.2 Å². The second-order valence-corrected chi connectivity index (χ2v) is 7.51. The molecule has 1 aromatic heterocycles. The lowest BCUT2D eigenvalue weighted by molar-refractivity contribution is -0.137. The number of hydrogen-bond acceptors (Lipinski definition) is 3. The monoisotopic (exact) mass is 374 g/mol. The summed E-state index contributed by atoms with van der Waals surface area (Å²) in [7, 11) is 0. The number of benzene rings is 1. The van der Waals surface area contributed by atoms with Gasteiger partial charge in [-0.15, -0.1) is 0 Å². The fraction of sp³-hybridized carbons (Fsp3) is 0.429. The number of fused-ring (bicyclic) bond motifs is 2. The molecule has 0 radical (unpaired) electrons. The summed E-state index contributed by atoms with van der Waals surface area (Å²) in [5.41, 5.74) is 0.587. The minimum Gasteiger partial charge on any atom is -0.293 e. The highest BCUT2D eigenvalue weighted by atomic mass is 19.4. The number of carbonyl (C=O) groups is 1. The summed E-state index contributed by atoms with van der Waals surface area (Å²) in [5.74, 6) is -0.279. The van der Waals surface area contributed by atoms with E-state index < -0.39 is 11.7 Å². The molecule has 3 heterocycles. The fourth-order valence-corrected chi connectivity index (χ4v) is 4.46. The Hall–Kier alpha value is -2.21. The number of pyridine rings is 1. The Morgan fingerprint density at radius 1 is 1.04 bits per heavy atom. The number of carbonyl (C=O) groups excluding carboxylic acids is 1. The standard InChI is InChI=1S/C21H21F3N2O/c22-21(23,24)16-6-9-19(25-12-16)20(27)15-10-17-7-8-18(11-15)26(17)13-14-4-2-1-3-5-14/h1-6,9,12,15,17-18H,7-8,10-11,13H2. The number of ketones is 1. The second kappa shape index (κ2) is 7.08. The first-order valence-corrected chi connectivity index (χ1v) is 9.29. The SMILES string of the molecule is O=C(c1ccc(C(F)(F)F)cn1)C1CC2CCC(C1)N2Cc1ccccc1. The first-order valence-electron chi connectivity index (χ1n) is 9.29. The lowest BCUT2D eigenvalue weighted by Gasteiger charge is -2.38. The number of piperidine rings is 1. The van der Waals surface area contributed by atoms with Gasteiger partial charge in [0, 0.05) is 30.7 Å². The van der Waals surface area contributed by atoms with Crippen molar-refractivity contribution in [2.24, 2.45) is 5.92 Å². The number of halogens is 3. The zero-order valence-corrected chi connectivity index (χ0v) is 14.8.